The molecule has 1 amide bonds. The van der Waals surface area contributed by atoms with Gasteiger partial charge in [-0.2, -0.15) is 0 Å². The summed E-state index contributed by atoms with van der Waals surface area (Å²) in [5.41, 5.74) is 3.25. The number of anilines is 2. The van der Waals surface area contributed by atoms with Gasteiger partial charge in [-0.1, -0.05) is 17.7 Å². The molecule has 0 bridgehead atoms. The van der Waals surface area contributed by atoms with Crippen LogP contribution in [0, 0.1) is 0 Å². The van der Waals surface area contributed by atoms with Crippen molar-refractivity contribution in [3.05, 3.63) is 39.3 Å². The minimum atomic E-state index is 0.0927. The molecule has 2 aromatic rings. The molecule has 0 aliphatic carbocycles. The topological polar surface area (TPSA) is 45.2 Å². The number of nitrogens with zero attached hydrogens (tertiary/aromatic N) is 2. The maximum absolute atomic E-state index is 11.6. The zero-order chi connectivity index (χ0) is 14.1. The molecule has 1 N–H and O–H groups in total. The number of hydrogen-bond acceptors (Lipinski definition) is 4. The third-order valence-electron chi connectivity index (χ3n) is 3.35. The zero-order valence-electron chi connectivity index (χ0n) is 11.0. The molecule has 0 radical (unpaired) electrons. The summed E-state index contributed by atoms with van der Waals surface area (Å²) >= 11 is 7.27. The Morgan fingerprint density at radius 2 is 2.40 bits per heavy atom. The molecule has 1 aromatic carbocycles. The van der Waals surface area contributed by atoms with Crippen LogP contribution in [0.15, 0.2) is 24.4 Å². The summed E-state index contributed by atoms with van der Waals surface area (Å²) in [6, 6.07) is 6.16. The molecule has 1 aromatic heterocycles. The van der Waals surface area contributed by atoms with Crippen LogP contribution in [0.2, 0.25) is 4.47 Å². The highest BCUT2D eigenvalue weighted by molar-refractivity contribution is 7.15. The number of carbonyl (C=O) groups is 1. The second-order valence-electron chi connectivity index (χ2n) is 4.70. The Kier molecular flexibility index (Phi) is 3.63. The van der Waals surface area contributed by atoms with E-state index >= 15 is 0 Å². The molecular formula is C14H14ClN3OS. The van der Waals surface area contributed by atoms with Crippen molar-refractivity contribution in [2.75, 3.05) is 16.8 Å². The fourth-order valence-electron chi connectivity index (χ4n) is 2.37. The van der Waals surface area contributed by atoms with Gasteiger partial charge >= 0.3 is 0 Å². The number of rotatable bonds is 3. The van der Waals surface area contributed by atoms with Crippen LogP contribution in [0.4, 0.5) is 11.4 Å². The van der Waals surface area contributed by atoms with Crippen LogP contribution in [0.5, 0.6) is 0 Å². The van der Waals surface area contributed by atoms with Gasteiger partial charge in [-0.15, -0.1) is 11.3 Å². The number of amides is 1. The standard InChI is InChI=1S/C14H14ClN3OS/c1-9(19)18-5-4-10-2-3-11(6-13(10)18)16-7-12-8-17-14(15)20-12/h2-3,6,8,16H,4-5,7H2,1H3. The Hall–Kier alpha value is -1.59. The van der Waals surface area contributed by atoms with E-state index in [1.807, 2.05) is 17.0 Å². The first kappa shape index (κ1) is 13.4. The van der Waals surface area contributed by atoms with E-state index in [9.17, 15) is 4.79 Å². The highest BCUT2D eigenvalue weighted by atomic mass is 35.5. The van der Waals surface area contributed by atoms with Gasteiger partial charge in [0.2, 0.25) is 5.91 Å². The van der Waals surface area contributed by atoms with Crippen LogP contribution in [0.3, 0.4) is 0 Å². The lowest BCUT2D eigenvalue weighted by Crippen LogP contribution is -2.25. The third-order valence-corrected chi connectivity index (χ3v) is 4.47. The van der Waals surface area contributed by atoms with Gasteiger partial charge in [-0.3, -0.25) is 4.79 Å². The van der Waals surface area contributed by atoms with E-state index in [0.717, 1.165) is 29.2 Å². The van der Waals surface area contributed by atoms with Crippen molar-refractivity contribution in [2.45, 2.75) is 19.9 Å². The van der Waals surface area contributed by atoms with Gasteiger partial charge in [-0.25, -0.2) is 4.98 Å². The number of fused-ring (bicyclic) bond motifs is 1. The molecule has 0 saturated heterocycles. The van der Waals surface area contributed by atoms with E-state index in [0.29, 0.717) is 11.0 Å². The molecule has 0 atom stereocenters. The number of carbonyl (C=O) groups excluding carboxylic acids is 1. The molecule has 104 valence electrons. The Morgan fingerprint density at radius 1 is 1.55 bits per heavy atom. The van der Waals surface area contributed by atoms with Crippen molar-refractivity contribution >= 4 is 40.2 Å². The predicted octanol–water partition coefficient (Wildman–Crippen LogP) is 3.32. The first-order chi connectivity index (χ1) is 9.63. The van der Waals surface area contributed by atoms with Crippen molar-refractivity contribution < 1.29 is 4.79 Å². The largest absolute Gasteiger partial charge is 0.380 e. The predicted molar refractivity (Wildman–Crippen MR) is 82.6 cm³/mol. The van der Waals surface area contributed by atoms with Gasteiger partial charge in [0.25, 0.3) is 0 Å². The van der Waals surface area contributed by atoms with Gasteiger partial charge in [0, 0.05) is 35.9 Å². The minimum Gasteiger partial charge on any atom is -0.380 e. The van der Waals surface area contributed by atoms with E-state index in [2.05, 4.69) is 16.4 Å². The monoisotopic (exact) mass is 307 g/mol. The highest BCUT2D eigenvalue weighted by Crippen LogP contribution is 2.31. The van der Waals surface area contributed by atoms with Crippen LogP contribution in [-0.4, -0.2) is 17.4 Å². The summed E-state index contributed by atoms with van der Waals surface area (Å²) in [6.07, 6.45) is 2.70. The van der Waals surface area contributed by atoms with Gasteiger partial charge < -0.3 is 10.2 Å². The Bertz CT molecular complexity index is 656. The first-order valence-electron chi connectivity index (χ1n) is 6.38. The van der Waals surface area contributed by atoms with E-state index < -0.39 is 0 Å². The molecule has 20 heavy (non-hydrogen) atoms. The highest BCUT2D eigenvalue weighted by Gasteiger charge is 2.22. The second-order valence-corrected chi connectivity index (χ2v) is 6.39. The van der Waals surface area contributed by atoms with Crippen LogP contribution in [0.1, 0.15) is 17.4 Å². The molecule has 1 aliphatic heterocycles. The normalized spacial score (nSPS) is 13.4. The van der Waals surface area contributed by atoms with Gasteiger partial charge in [-0.05, 0) is 24.1 Å². The van der Waals surface area contributed by atoms with Crippen molar-refractivity contribution in [1.29, 1.82) is 0 Å². The zero-order valence-corrected chi connectivity index (χ0v) is 12.6. The van der Waals surface area contributed by atoms with Gasteiger partial charge in [0.05, 0.1) is 6.54 Å². The van der Waals surface area contributed by atoms with Crippen molar-refractivity contribution in [3.8, 4) is 0 Å². The van der Waals surface area contributed by atoms with Crippen molar-refractivity contribution in [2.24, 2.45) is 0 Å². The van der Waals surface area contributed by atoms with Crippen LogP contribution >= 0.6 is 22.9 Å². The summed E-state index contributed by atoms with van der Waals surface area (Å²) in [7, 11) is 0. The molecule has 2 heterocycles. The molecule has 4 nitrogen and oxygen atoms in total. The van der Waals surface area contributed by atoms with E-state index in [4.69, 9.17) is 11.6 Å². The average Bonchev–Trinajstić information content (AvgIpc) is 3.01. The Balaban J connectivity index is 1.75. The molecule has 6 heteroatoms. The number of hydrogen-bond donors (Lipinski definition) is 1. The van der Waals surface area contributed by atoms with Crippen LogP contribution < -0.4 is 10.2 Å². The quantitative estimate of drug-likeness (QED) is 0.946. The molecule has 3 rings (SSSR count). The second kappa shape index (κ2) is 5.42. The summed E-state index contributed by atoms with van der Waals surface area (Å²) in [4.78, 5) is 18.5. The molecule has 0 unspecified atom stereocenters. The van der Waals surface area contributed by atoms with Crippen molar-refractivity contribution in [1.82, 2.24) is 4.98 Å². The number of nitrogens with one attached hydrogen (secondary N) is 1. The lowest BCUT2D eigenvalue weighted by Gasteiger charge is -2.16. The number of halogens is 1. The SMILES string of the molecule is CC(=O)N1CCc2ccc(NCc3cnc(Cl)s3)cc21. The van der Waals surface area contributed by atoms with Crippen LogP contribution in [-0.2, 0) is 17.8 Å². The summed E-state index contributed by atoms with van der Waals surface area (Å²) < 4.78 is 0.554. The fourth-order valence-corrected chi connectivity index (χ4v) is 3.29. The first-order valence-corrected chi connectivity index (χ1v) is 7.58. The Labute approximate surface area is 126 Å². The summed E-state index contributed by atoms with van der Waals surface area (Å²) in [5, 5.41) is 3.34. The van der Waals surface area contributed by atoms with Crippen LogP contribution in [0.25, 0.3) is 0 Å². The maximum Gasteiger partial charge on any atom is 0.223 e. The Morgan fingerprint density at radius 3 is 3.10 bits per heavy atom. The smallest absolute Gasteiger partial charge is 0.223 e. The molecule has 1 aliphatic rings. The minimum absolute atomic E-state index is 0.0927. The average molecular weight is 308 g/mol. The van der Waals surface area contributed by atoms with Gasteiger partial charge in [0.1, 0.15) is 0 Å². The summed E-state index contributed by atoms with van der Waals surface area (Å²) in [5.74, 6) is 0.0927. The lowest BCUT2D eigenvalue weighted by atomic mass is 10.1. The van der Waals surface area contributed by atoms with E-state index in [1.54, 1.807) is 13.1 Å². The van der Waals surface area contributed by atoms with Gasteiger partial charge in [0.15, 0.2) is 4.47 Å². The molecule has 0 saturated carbocycles. The number of aromatic nitrogens is 1. The number of benzene rings is 1. The molecular weight excluding hydrogens is 294 g/mol. The van der Waals surface area contributed by atoms with E-state index in [1.165, 1.54) is 16.9 Å². The molecule has 0 spiro atoms. The van der Waals surface area contributed by atoms with E-state index in [-0.39, 0.29) is 5.91 Å². The van der Waals surface area contributed by atoms with Crippen molar-refractivity contribution in [3.63, 3.8) is 0 Å². The maximum atomic E-state index is 11.6. The third kappa shape index (κ3) is 2.64. The fraction of sp³-hybridized carbons (Fsp3) is 0.286. The lowest BCUT2D eigenvalue weighted by molar-refractivity contribution is -0.116. The summed E-state index contributed by atoms with van der Waals surface area (Å²) in [6.45, 7) is 3.07. The number of thiazole rings is 1. The molecule has 0 fully saturated rings.